The van der Waals surface area contributed by atoms with E-state index >= 15 is 0 Å². The van der Waals surface area contributed by atoms with Crippen LogP contribution in [0, 0.1) is 5.92 Å². The summed E-state index contributed by atoms with van der Waals surface area (Å²) >= 11 is 0. The molecule has 4 rings (SSSR count). The van der Waals surface area contributed by atoms with Gasteiger partial charge in [0.2, 0.25) is 0 Å². The van der Waals surface area contributed by atoms with Crippen LogP contribution < -0.4 is 0 Å². The third-order valence-electron chi connectivity index (χ3n) is 7.06. The third kappa shape index (κ3) is 8.90. The molecule has 3 aromatic rings. The van der Waals surface area contributed by atoms with E-state index in [0.29, 0.717) is 18.1 Å². The molecule has 7 nitrogen and oxygen atoms in total. The first-order chi connectivity index (χ1) is 18.8. The lowest BCUT2D eigenvalue weighted by Gasteiger charge is -2.31. The van der Waals surface area contributed by atoms with Crippen LogP contribution in [-0.2, 0) is 20.8 Å². The van der Waals surface area contributed by atoms with Gasteiger partial charge in [-0.2, -0.15) is 13.2 Å². The number of hydrogen-bond donors (Lipinski definition) is 0. The predicted octanol–water partition coefficient (Wildman–Crippen LogP) is 5.55. The molecule has 0 spiro atoms. The number of carbonyl (C=O) groups is 1. The number of benzene rings is 1. The summed E-state index contributed by atoms with van der Waals surface area (Å²) < 4.78 is 44.3. The van der Waals surface area contributed by atoms with Crippen LogP contribution in [0.4, 0.5) is 13.2 Å². The number of alkyl halides is 3. The molecule has 0 unspecified atom stereocenters. The topological polar surface area (TPSA) is 68.4 Å². The number of likely N-dealkylation sites (tertiary alicyclic amines) is 1. The van der Waals surface area contributed by atoms with Gasteiger partial charge < -0.3 is 14.5 Å². The second-order valence-corrected chi connectivity index (χ2v) is 10.00. The zero-order chi connectivity index (χ0) is 27.7. The molecular weight excluding hydrogens is 509 g/mol. The van der Waals surface area contributed by atoms with E-state index in [1.165, 1.54) is 12.8 Å². The Kier molecular flexibility index (Phi) is 10.1. The number of halogens is 3. The van der Waals surface area contributed by atoms with Gasteiger partial charge in [0, 0.05) is 43.8 Å². The number of methoxy groups -OCH3 is 1. The molecular formula is C29H35F3N4O3. The van der Waals surface area contributed by atoms with Crippen molar-refractivity contribution < 1.29 is 27.5 Å². The smallest absolute Gasteiger partial charge is 0.389 e. The molecule has 3 heterocycles. The molecule has 0 saturated carbocycles. The monoisotopic (exact) mass is 544 g/mol. The van der Waals surface area contributed by atoms with Gasteiger partial charge in [-0.1, -0.05) is 23.4 Å². The number of aromatic nitrogens is 2. The van der Waals surface area contributed by atoms with E-state index in [1.807, 2.05) is 34.9 Å². The van der Waals surface area contributed by atoms with Gasteiger partial charge in [0.1, 0.15) is 18.0 Å². The zero-order valence-electron chi connectivity index (χ0n) is 22.2. The number of oxime groups is 1. The second-order valence-electron chi connectivity index (χ2n) is 10.00. The maximum absolute atomic E-state index is 12.4. The lowest BCUT2D eigenvalue weighted by molar-refractivity contribution is -0.143. The van der Waals surface area contributed by atoms with E-state index in [-0.39, 0.29) is 6.42 Å². The summed E-state index contributed by atoms with van der Waals surface area (Å²) in [6.07, 6.45) is 2.67. The number of nitrogens with zero attached hydrogens (tertiary/aromatic N) is 4. The number of pyridine rings is 1. The number of piperidine rings is 1. The summed E-state index contributed by atoms with van der Waals surface area (Å²) in [5, 5.41) is 4.13. The van der Waals surface area contributed by atoms with Gasteiger partial charge in [-0.3, -0.25) is 9.20 Å². The molecule has 0 aliphatic carbocycles. The highest BCUT2D eigenvalue weighted by molar-refractivity contribution is 5.82. The molecule has 0 N–H and O–H groups in total. The minimum Gasteiger partial charge on any atom is -0.396 e. The summed E-state index contributed by atoms with van der Waals surface area (Å²) in [7, 11) is 1.74. The van der Waals surface area contributed by atoms with Crippen LogP contribution in [-0.4, -0.2) is 72.4 Å². The number of rotatable bonds is 13. The Morgan fingerprint density at radius 2 is 2.00 bits per heavy atom. The number of Topliss-reactive ketones (excluding diaryl/α,β-unsaturated/α-hetero) is 1. The van der Waals surface area contributed by atoms with E-state index in [1.54, 1.807) is 31.7 Å². The van der Waals surface area contributed by atoms with Gasteiger partial charge in [0.05, 0.1) is 31.1 Å². The second kappa shape index (κ2) is 13.7. The average molecular weight is 545 g/mol. The predicted molar refractivity (Wildman–Crippen MR) is 144 cm³/mol. The Morgan fingerprint density at radius 3 is 2.77 bits per heavy atom. The summed E-state index contributed by atoms with van der Waals surface area (Å²) in [5.41, 5.74) is 3.91. The zero-order valence-corrected chi connectivity index (χ0v) is 22.2. The number of ether oxygens (including phenoxy) is 1. The van der Waals surface area contributed by atoms with E-state index in [0.717, 1.165) is 55.1 Å². The molecule has 1 aliphatic heterocycles. The van der Waals surface area contributed by atoms with Crippen molar-refractivity contribution in [3.63, 3.8) is 0 Å². The van der Waals surface area contributed by atoms with Gasteiger partial charge in [0.25, 0.3) is 0 Å². The molecule has 1 aromatic carbocycles. The average Bonchev–Trinajstić information content (AvgIpc) is 3.34. The van der Waals surface area contributed by atoms with Crippen molar-refractivity contribution in [1.29, 1.82) is 0 Å². The Hall–Kier alpha value is -3.24. The largest absolute Gasteiger partial charge is 0.396 e. The fraction of sp³-hybridized carbons (Fsp3) is 0.483. The van der Waals surface area contributed by atoms with Crippen molar-refractivity contribution in [2.75, 3.05) is 40.0 Å². The molecule has 1 saturated heterocycles. The molecule has 39 heavy (non-hydrogen) atoms. The molecule has 1 fully saturated rings. The van der Waals surface area contributed by atoms with Gasteiger partial charge in [0.15, 0.2) is 0 Å². The maximum Gasteiger partial charge on any atom is 0.389 e. The minimum absolute atomic E-state index is 0.0329. The summed E-state index contributed by atoms with van der Waals surface area (Å²) in [6.45, 7) is 4.57. The van der Waals surface area contributed by atoms with E-state index in [2.05, 4.69) is 15.0 Å². The molecule has 0 amide bonds. The number of imidazole rings is 1. The van der Waals surface area contributed by atoms with Crippen molar-refractivity contribution in [2.24, 2.45) is 11.1 Å². The van der Waals surface area contributed by atoms with Gasteiger partial charge in [-0.15, -0.1) is 0 Å². The van der Waals surface area contributed by atoms with Crippen LogP contribution in [0.25, 0.3) is 16.9 Å². The number of hydrogen-bond acceptors (Lipinski definition) is 6. The van der Waals surface area contributed by atoms with Crippen molar-refractivity contribution in [2.45, 2.75) is 44.7 Å². The van der Waals surface area contributed by atoms with Gasteiger partial charge in [-0.25, -0.2) is 4.98 Å². The quantitative estimate of drug-likeness (QED) is 0.160. The molecule has 210 valence electrons. The molecule has 1 aliphatic rings. The molecule has 0 atom stereocenters. The van der Waals surface area contributed by atoms with Crippen molar-refractivity contribution >= 4 is 17.6 Å². The maximum atomic E-state index is 12.4. The Bertz CT molecular complexity index is 1250. The number of fused-ring (bicyclic) bond motifs is 1. The molecule has 10 heteroatoms. The van der Waals surface area contributed by atoms with Crippen LogP contribution in [0.1, 0.15) is 43.2 Å². The molecule has 2 aromatic heterocycles. The normalized spacial score (nSPS) is 15.4. The first-order valence-electron chi connectivity index (χ1n) is 13.3. The first-order valence-corrected chi connectivity index (χ1v) is 13.3. The highest BCUT2D eigenvalue weighted by Crippen LogP contribution is 2.25. The Balaban J connectivity index is 1.28. The lowest BCUT2D eigenvalue weighted by Crippen LogP contribution is -2.36. The van der Waals surface area contributed by atoms with E-state index in [9.17, 15) is 18.0 Å². The van der Waals surface area contributed by atoms with Crippen LogP contribution in [0.3, 0.4) is 0 Å². The lowest BCUT2D eigenvalue weighted by atomic mass is 9.94. The molecule has 0 radical (unpaired) electrons. The fourth-order valence-corrected chi connectivity index (χ4v) is 4.82. The Morgan fingerprint density at radius 1 is 1.18 bits per heavy atom. The number of ketones is 1. The SMILES string of the molecule is COCCN1CCC(CCON=Cc2ccn3c(-c4cccc(CC(=O)CCC(F)(F)F)c4)cnc3c2)CC1. The van der Waals surface area contributed by atoms with Crippen molar-refractivity contribution in [3.8, 4) is 11.3 Å². The van der Waals surface area contributed by atoms with Gasteiger partial charge in [-0.05, 0) is 62.0 Å². The van der Waals surface area contributed by atoms with E-state index < -0.39 is 24.8 Å². The first kappa shape index (κ1) is 28.8. The third-order valence-corrected chi connectivity index (χ3v) is 7.06. The van der Waals surface area contributed by atoms with Crippen LogP contribution in [0.2, 0.25) is 0 Å². The summed E-state index contributed by atoms with van der Waals surface area (Å²) in [6, 6.07) is 11.1. The van der Waals surface area contributed by atoms with Gasteiger partial charge >= 0.3 is 6.18 Å². The van der Waals surface area contributed by atoms with Crippen LogP contribution >= 0.6 is 0 Å². The summed E-state index contributed by atoms with van der Waals surface area (Å²) in [4.78, 5) is 24.5. The minimum atomic E-state index is -4.33. The highest BCUT2D eigenvalue weighted by atomic mass is 19.4. The Labute approximate surface area is 226 Å². The van der Waals surface area contributed by atoms with Crippen molar-refractivity contribution in [3.05, 3.63) is 59.9 Å². The standard InChI is InChI=1S/C29H35F3N4O3/c1-38-16-14-35-11-6-22(7-12-35)9-15-39-34-20-24-8-13-36-27(21-33-28(36)19-24)25-4-2-3-23(17-25)18-26(37)5-10-29(30,31)32/h2-4,8,13,17,19-22H,5-7,9-12,14-16,18H2,1H3. The highest BCUT2D eigenvalue weighted by Gasteiger charge is 2.27. The van der Waals surface area contributed by atoms with Crippen LogP contribution in [0.15, 0.2) is 53.9 Å². The van der Waals surface area contributed by atoms with Crippen LogP contribution in [0.5, 0.6) is 0 Å². The van der Waals surface area contributed by atoms with E-state index in [4.69, 9.17) is 9.57 Å². The summed E-state index contributed by atoms with van der Waals surface area (Å²) in [5.74, 6) is 0.229. The van der Waals surface area contributed by atoms with Crippen molar-refractivity contribution in [1.82, 2.24) is 14.3 Å². The fourth-order valence-electron chi connectivity index (χ4n) is 4.82. The number of carbonyl (C=O) groups excluding carboxylic acids is 1. The molecule has 0 bridgehead atoms.